The van der Waals surface area contributed by atoms with Gasteiger partial charge in [-0.1, -0.05) is 6.07 Å². The fourth-order valence-electron chi connectivity index (χ4n) is 4.23. The van der Waals surface area contributed by atoms with Crippen molar-refractivity contribution in [3.8, 4) is 5.75 Å². The van der Waals surface area contributed by atoms with Crippen LogP contribution in [0.15, 0.2) is 41.3 Å². The number of benzene rings is 2. The number of rotatable bonds is 3. The Hall–Kier alpha value is -2.45. The molecule has 0 unspecified atom stereocenters. The lowest BCUT2D eigenvalue weighted by atomic mass is 9.81. The first-order valence-electron chi connectivity index (χ1n) is 8.94. The number of hydrogen-bond donors (Lipinski definition) is 0. The van der Waals surface area contributed by atoms with Crippen molar-refractivity contribution in [1.29, 1.82) is 0 Å². The molecular weight excluding hydrogens is 383 g/mol. The first-order valence-corrected chi connectivity index (χ1v) is 10.4. The maximum atomic E-state index is 13.7. The highest BCUT2D eigenvalue weighted by Crippen LogP contribution is 2.48. The van der Waals surface area contributed by atoms with Gasteiger partial charge in [0.25, 0.3) is 0 Å². The molecule has 0 radical (unpaired) electrons. The summed E-state index contributed by atoms with van der Waals surface area (Å²) in [5, 5.41) is 0. The van der Waals surface area contributed by atoms with E-state index in [-0.39, 0.29) is 23.9 Å². The summed E-state index contributed by atoms with van der Waals surface area (Å²) in [4.78, 5) is 14.6. The minimum Gasteiger partial charge on any atom is -0.497 e. The summed E-state index contributed by atoms with van der Waals surface area (Å²) in [6, 6.07) is 9.12. The van der Waals surface area contributed by atoms with E-state index < -0.39 is 21.3 Å². The van der Waals surface area contributed by atoms with Gasteiger partial charge in [-0.05, 0) is 54.8 Å². The molecule has 4 rings (SSSR count). The van der Waals surface area contributed by atoms with Crippen LogP contribution >= 0.6 is 0 Å². The van der Waals surface area contributed by atoms with E-state index in [9.17, 15) is 17.6 Å². The summed E-state index contributed by atoms with van der Waals surface area (Å²) >= 11 is 0. The zero-order chi connectivity index (χ0) is 20.3. The van der Waals surface area contributed by atoms with Gasteiger partial charge < -0.3 is 9.64 Å². The average Bonchev–Trinajstić information content (AvgIpc) is 3.22. The van der Waals surface area contributed by atoms with Crippen LogP contribution in [0.2, 0.25) is 0 Å². The highest BCUT2D eigenvalue weighted by atomic mass is 32.2. The summed E-state index contributed by atoms with van der Waals surface area (Å²) in [5.74, 6) is -0.127. The molecule has 0 aromatic heterocycles. The first kappa shape index (κ1) is 18.9. The Morgan fingerprint density at radius 2 is 1.93 bits per heavy atom. The summed E-state index contributed by atoms with van der Waals surface area (Å²) in [5.41, 5.74) is 1.05. The van der Waals surface area contributed by atoms with Gasteiger partial charge in [0, 0.05) is 25.8 Å². The van der Waals surface area contributed by atoms with Crippen molar-refractivity contribution in [3.63, 3.8) is 0 Å². The molecular formula is C20H21FN2O4S. The Kier molecular flexibility index (Phi) is 4.24. The van der Waals surface area contributed by atoms with Crippen molar-refractivity contribution in [2.75, 3.05) is 32.1 Å². The number of halogens is 1. The molecule has 0 saturated carbocycles. The molecule has 2 aromatic rings. The summed E-state index contributed by atoms with van der Waals surface area (Å²) in [7, 11) is -0.684. The number of sulfonamides is 1. The molecule has 28 heavy (non-hydrogen) atoms. The number of amides is 1. The third-order valence-corrected chi connectivity index (χ3v) is 7.78. The lowest BCUT2D eigenvalue weighted by Crippen LogP contribution is -2.42. The Bertz CT molecular complexity index is 1090. The van der Waals surface area contributed by atoms with E-state index in [1.165, 1.54) is 16.4 Å². The number of methoxy groups -OCH3 is 1. The molecule has 2 heterocycles. The lowest BCUT2D eigenvalue weighted by Gasteiger charge is -2.24. The van der Waals surface area contributed by atoms with Gasteiger partial charge in [-0.3, -0.25) is 4.79 Å². The van der Waals surface area contributed by atoms with E-state index in [4.69, 9.17) is 4.74 Å². The Labute approximate surface area is 163 Å². The van der Waals surface area contributed by atoms with E-state index in [0.717, 1.165) is 17.3 Å². The number of hydrogen-bond acceptors (Lipinski definition) is 4. The van der Waals surface area contributed by atoms with E-state index in [1.54, 1.807) is 38.1 Å². The van der Waals surface area contributed by atoms with Gasteiger partial charge in [0.05, 0.1) is 17.4 Å². The maximum Gasteiger partial charge on any atom is 0.243 e. The van der Waals surface area contributed by atoms with E-state index in [0.29, 0.717) is 17.7 Å². The van der Waals surface area contributed by atoms with Gasteiger partial charge in [-0.15, -0.1) is 0 Å². The third kappa shape index (κ3) is 2.55. The predicted molar refractivity (Wildman–Crippen MR) is 103 cm³/mol. The third-order valence-electron chi connectivity index (χ3n) is 5.80. The number of anilines is 1. The van der Waals surface area contributed by atoms with Crippen molar-refractivity contribution in [1.82, 2.24) is 4.31 Å². The number of carbonyl (C=O) groups is 1. The van der Waals surface area contributed by atoms with Crippen LogP contribution < -0.4 is 9.64 Å². The molecule has 1 saturated heterocycles. The van der Waals surface area contributed by atoms with Crippen molar-refractivity contribution in [3.05, 3.63) is 53.3 Å². The zero-order valence-electron chi connectivity index (χ0n) is 15.9. The van der Waals surface area contributed by atoms with E-state index >= 15 is 0 Å². The maximum absolute atomic E-state index is 13.7. The molecule has 6 nitrogen and oxygen atoms in total. The second kappa shape index (κ2) is 6.28. The van der Waals surface area contributed by atoms with Crippen LogP contribution in [0.5, 0.6) is 5.75 Å². The van der Waals surface area contributed by atoms with Crippen molar-refractivity contribution in [2.45, 2.75) is 23.7 Å². The SMILES string of the molecule is COc1ccc2c(c1)[C@@]1(CCN(S(=O)(=O)c3cc(F)ccc3C)C1)C(=O)N2C. The van der Waals surface area contributed by atoms with Crippen LogP contribution in [0.1, 0.15) is 17.5 Å². The van der Waals surface area contributed by atoms with Gasteiger partial charge in [0.2, 0.25) is 15.9 Å². The fourth-order valence-corrected chi connectivity index (χ4v) is 5.97. The largest absolute Gasteiger partial charge is 0.497 e. The van der Waals surface area contributed by atoms with Crippen LogP contribution in [0.4, 0.5) is 10.1 Å². The predicted octanol–water partition coefficient (Wildman–Crippen LogP) is 2.45. The van der Waals surface area contributed by atoms with Crippen molar-refractivity contribution < 1.29 is 22.3 Å². The normalized spacial score (nSPS) is 22.1. The number of nitrogens with zero attached hydrogens (tertiary/aromatic N) is 2. The van der Waals surface area contributed by atoms with Crippen molar-refractivity contribution >= 4 is 21.6 Å². The molecule has 1 atom stereocenters. The second-order valence-electron chi connectivity index (χ2n) is 7.33. The Balaban J connectivity index is 1.77. The number of likely N-dealkylation sites (N-methyl/N-ethyl adjacent to an activating group) is 1. The van der Waals surface area contributed by atoms with Gasteiger partial charge in [-0.2, -0.15) is 4.31 Å². The molecule has 0 bridgehead atoms. The highest BCUT2D eigenvalue weighted by Gasteiger charge is 2.55. The quantitative estimate of drug-likeness (QED) is 0.788. The zero-order valence-corrected chi connectivity index (χ0v) is 16.7. The molecule has 0 aliphatic carbocycles. The smallest absolute Gasteiger partial charge is 0.243 e. The monoisotopic (exact) mass is 404 g/mol. The minimum atomic E-state index is -3.92. The number of ether oxygens (including phenoxy) is 1. The first-order chi connectivity index (χ1) is 13.2. The van der Waals surface area contributed by atoms with E-state index in [1.807, 2.05) is 6.07 Å². The number of aryl methyl sites for hydroxylation is 1. The molecule has 8 heteroatoms. The Morgan fingerprint density at radius 1 is 1.18 bits per heavy atom. The summed E-state index contributed by atoms with van der Waals surface area (Å²) in [6.45, 7) is 1.84. The van der Waals surface area contributed by atoms with Gasteiger partial charge in [0.1, 0.15) is 11.6 Å². The highest BCUT2D eigenvalue weighted by molar-refractivity contribution is 7.89. The van der Waals surface area contributed by atoms with E-state index in [2.05, 4.69) is 0 Å². The van der Waals surface area contributed by atoms with Crippen LogP contribution in [-0.4, -0.2) is 45.9 Å². The van der Waals surface area contributed by atoms with Gasteiger partial charge >= 0.3 is 0 Å². The van der Waals surface area contributed by atoms with Crippen LogP contribution in [-0.2, 0) is 20.2 Å². The number of fused-ring (bicyclic) bond motifs is 2. The topological polar surface area (TPSA) is 66.9 Å². The van der Waals surface area contributed by atoms with Crippen molar-refractivity contribution in [2.24, 2.45) is 0 Å². The minimum absolute atomic E-state index is 0.0224. The van der Waals surface area contributed by atoms with Crippen LogP contribution in [0.25, 0.3) is 0 Å². The summed E-state index contributed by atoms with van der Waals surface area (Å²) < 4.78 is 46.6. The van der Waals surface area contributed by atoms with Crippen LogP contribution in [0, 0.1) is 12.7 Å². The fraction of sp³-hybridized carbons (Fsp3) is 0.350. The van der Waals surface area contributed by atoms with Gasteiger partial charge in [-0.25, -0.2) is 12.8 Å². The molecule has 1 spiro atoms. The molecule has 1 fully saturated rings. The molecule has 0 N–H and O–H groups in total. The molecule has 148 valence electrons. The van der Waals surface area contributed by atoms with Gasteiger partial charge in [0.15, 0.2) is 0 Å². The number of carbonyl (C=O) groups excluding carboxylic acids is 1. The molecule has 2 aromatic carbocycles. The molecule has 1 amide bonds. The Morgan fingerprint density at radius 3 is 2.64 bits per heavy atom. The molecule has 2 aliphatic rings. The average molecular weight is 404 g/mol. The standard InChI is InChI=1S/C20H21FN2O4S/c1-13-4-5-14(21)10-18(13)28(25,26)23-9-8-20(12-23)16-11-15(27-3)6-7-17(16)22(2)19(20)24/h4-7,10-11H,8-9,12H2,1-3H3/t20-/m0/s1. The lowest BCUT2D eigenvalue weighted by molar-refractivity contribution is -0.122. The van der Waals surface area contributed by atoms with Crippen LogP contribution in [0.3, 0.4) is 0 Å². The second-order valence-corrected chi connectivity index (χ2v) is 9.23. The summed E-state index contributed by atoms with van der Waals surface area (Å²) in [6.07, 6.45) is 0.365. The molecule has 2 aliphatic heterocycles.